The third-order valence-electron chi connectivity index (χ3n) is 3.36. The van der Waals surface area contributed by atoms with E-state index in [1.54, 1.807) is 0 Å². The lowest BCUT2D eigenvalue weighted by Gasteiger charge is -2.02. The summed E-state index contributed by atoms with van der Waals surface area (Å²) < 4.78 is 0. The molecule has 2 aromatic rings. The van der Waals surface area contributed by atoms with Crippen LogP contribution < -0.4 is 0 Å². The summed E-state index contributed by atoms with van der Waals surface area (Å²) in [6.07, 6.45) is 1.15. The Labute approximate surface area is 89.4 Å². The minimum absolute atomic E-state index is 0.331. The van der Waals surface area contributed by atoms with Crippen LogP contribution in [0.15, 0.2) is 42.5 Å². The summed E-state index contributed by atoms with van der Waals surface area (Å²) in [6, 6.07) is 15.1. The molecule has 2 aromatic carbocycles. The maximum absolute atomic E-state index is 9.05. The molecule has 1 saturated carbocycles. The van der Waals surface area contributed by atoms with Crippen LogP contribution in [0.2, 0.25) is 0 Å². The zero-order valence-electron chi connectivity index (χ0n) is 8.56. The maximum Gasteiger partial charge on any atom is 0.0465 e. The second-order valence-corrected chi connectivity index (χ2v) is 4.39. The highest BCUT2D eigenvalue weighted by Crippen LogP contribution is 2.47. The van der Waals surface area contributed by atoms with Crippen LogP contribution in [0, 0.1) is 5.92 Å². The number of aliphatic hydroxyl groups excluding tert-OH is 1. The van der Waals surface area contributed by atoms with Gasteiger partial charge in [0.25, 0.3) is 0 Å². The summed E-state index contributed by atoms with van der Waals surface area (Å²) >= 11 is 0. The quantitative estimate of drug-likeness (QED) is 0.786. The number of hydrogen-bond donors (Lipinski definition) is 1. The van der Waals surface area contributed by atoms with Gasteiger partial charge >= 0.3 is 0 Å². The van der Waals surface area contributed by atoms with E-state index in [4.69, 9.17) is 5.11 Å². The van der Waals surface area contributed by atoms with E-state index in [0.717, 1.165) is 6.42 Å². The van der Waals surface area contributed by atoms with Crippen LogP contribution in [0.1, 0.15) is 17.9 Å². The van der Waals surface area contributed by atoms with Crippen molar-refractivity contribution in [3.05, 3.63) is 48.0 Å². The standard InChI is InChI=1S/C14H14O/c15-9-13-8-14(13)12-6-5-10-3-1-2-4-11(10)7-12/h1-7,13-15H,8-9H2/t13-,14-/m1/s1. The normalized spacial score (nSPS) is 24.3. The maximum atomic E-state index is 9.05. The molecule has 2 atom stereocenters. The van der Waals surface area contributed by atoms with E-state index >= 15 is 0 Å². The van der Waals surface area contributed by atoms with E-state index in [1.165, 1.54) is 16.3 Å². The van der Waals surface area contributed by atoms with Crippen LogP contribution in [0.5, 0.6) is 0 Å². The Morgan fingerprint density at radius 1 is 1.07 bits per heavy atom. The molecule has 0 radical (unpaired) electrons. The van der Waals surface area contributed by atoms with Gasteiger partial charge in [0.2, 0.25) is 0 Å². The topological polar surface area (TPSA) is 20.2 Å². The third-order valence-corrected chi connectivity index (χ3v) is 3.36. The highest BCUT2D eigenvalue weighted by molar-refractivity contribution is 5.83. The van der Waals surface area contributed by atoms with Gasteiger partial charge in [-0.05, 0) is 34.6 Å². The van der Waals surface area contributed by atoms with Gasteiger partial charge in [0.05, 0.1) is 0 Å². The zero-order chi connectivity index (χ0) is 10.3. The summed E-state index contributed by atoms with van der Waals surface area (Å²) in [5.41, 5.74) is 1.38. The average Bonchev–Trinajstić information content (AvgIpc) is 3.08. The number of hydrogen-bond acceptors (Lipinski definition) is 1. The van der Waals surface area contributed by atoms with E-state index < -0.39 is 0 Å². The van der Waals surface area contributed by atoms with Crippen molar-refractivity contribution >= 4 is 10.8 Å². The van der Waals surface area contributed by atoms with Crippen LogP contribution in [-0.2, 0) is 0 Å². The molecule has 0 aliphatic heterocycles. The summed E-state index contributed by atoms with van der Waals surface area (Å²) in [5, 5.41) is 11.6. The Bertz CT molecular complexity index is 489. The van der Waals surface area contributed by atoms with E-state index in [-0.39, 0.29) is 0 Å². The molecule has 0 saturated heterocycles. The molecule has 1 fully saturated rings. The molecule has 0 amide bonds. The lowest BCUT2D eigenvalue weighted by atomic mass is 10.0. The molecule has 0 unspecified atom stereocenters. The Balaban J connectivity index is 2.00. The van der Waals surface area contributed by atoms with Gasteiger partial charge in [0, 0.05) is 6.61 Å². The van der Waals surface area contributed by atoms with Crippen molar-refractivity contribution in [3.8, 4) is 0 Å². The summed E-state index contributed by atoms with van der Waals surface area (Å²) in [7, 11) is 0. The highest BCUT2D eigenvalue weighted by atomic mass is 16.3. The van der Waals surface area contributed by atoms with Crippen molar-refractivity contribution in [3.63, 3.8) is 0 Å². The summed E-state index contributed by atoms with van der Waals surface area (Å²) in [6.45, 7) is 0.331. The first-order valence-corrected chi connectivity index (χ1v) is 5.48. The molecule has 76 valence electrons. The number of benzene rings is 2. The highest BCUT2D eigenvalue weighted by Gasteiger charge is 2.37. The first kappa shape index (κ1) is 8.93. The minimum atomic E-state index is 0.331. The number of fused-ring (bicyclic) bond motifs is 1. The van der Waals surface area contributed by atoms with E-state index in [9.17, 15) is 0 Å². The lowest BCUT2D eigenvalue weighted by Crippen LogP contribution is -1.88. The fourth-order valence-electron chi connectivity index (χ4n) is 2.30. The predicted octanol–water partition coefficient (Wildman–Crippen LogP) is 2.94. The SMILES string of the molecule is OC[C@H]1C[C@@H]1c1ccc2ccccc2c1. The van der Waals surface area contributed by atoms with E-state index in [2.05, 4.69) is 42.5 Å². The Morgan fingerprint density at radius 2 is 1.87 bits per heavy atom. The molecule has 3 rings (SSSR count). The molecule has 0 heterocycles. The summed E-state index contributed by atoms with van der Waals surface area (Å²) in [4.78, 5) is 0. The van der Waals surface area contributed by atoms with Crippen molar-refractivity contribution in [2.24, 2.45) is 5.92 Å². The summed E-state index contributed by atoms with van der Waals surface area (Å²) in [5.74, 6) is 1.10. The smallest absolute Gasteiger partial charge is 0.0465 e. The van der Waals surface area contributed by atoms with E-state index in [0.29, 0.717) is 18.4 Å². The van der Waals surface area contributed by atoms with Crippen LogP contribution in [0.3, 0.4) is 0 Å². The molecule has 1 nitrogen and oxygen atoms in total. The first-order chi connectivity index (χ1) is 7.38. The molecule has 0 spiro atoms. The first-order valence-electron chi connectivity index (χ1n) is 5.48. The van der Waals surface area contributed by atoms with Gasteiger partial charge in [-0.3, -0.25) is 0 Å². The second-order valence-electron chi connectivity index (χ2n) is 4.39. The van der Waals surface area contributed by atoms with E-state index in [1.807, 2.05) is 0 Å². The fourth-order valence-corrected chi connectivity index (χ4v) is 2.30. The monoisotopic (exact) mass is 198 g/mol. The minimum Gasteiger partial charge on any atom is -0.396 e. The molecular formula is C14H14O. The van der Waals surface area contributed by atoms with Gasteiger partial charge in [-0.1, -0.05) is 42.5 Å². The van der Waals surface area contributed by atoms with Crippen LogP contribution >= 0.6 is 0 Å². The van der Waals surface area contributed by atoms with Gasteiger partial charge in [-0.2, -0.15) is 0 Å². The average molecular weight is 198 g/mol. The number of aliphatic hydroxyl groups is 1. The zero-order valence-corrected chi connectivity index (χ0v) is 8.56. The molecule has 1 N–H and O–H groups in total. The van der Waals surface area contributed by atoms with Crippen molar-refractivity contribution < 1.29 is 5.11 Å². The van der Waals surface area contributed by atoms with Crippen LogP contribution in [0.25, 0.3) is 10.8 Å². The molecular weight excluding hydrogens is 184 g/mol. The molecule has 1 aliphatic carbocycles. The van der Waals surface area contributed by atoms with Crippen molar-refractivity contribution in [2.75, 3.05) is 6.61 Å². The van der Waals surface area contributed by atoms with Crippen molar-refractivity contribution in [2.45, 2.75) is 12.3 Å². The number of rotatable bonds is 2. The Hall–Kier alpha value is -1.34. The fraction of sp³-hybridized carbons (Fsp3) is 0.286. The van der Waals surface area contributed by atoms with Gasteiger partial charge < -0.3 is 5.11 Å². The van der Waals surface area contributed by atoms with Crippen molar-refractivity contribution in [1.82, 2.24) is 0 Å². The van der Waals surface area contributed by atoms with Crippen molar-refractivity contribution in [1.29, 1.82) is 0 Å². The van der Waals surface area contributed by atoms with Gasteiger partial charge in [0.15, 0.2) is 0 Å². The van der Waals surface area contributed by atoms with Gasteiger partial charge in [-0.15, -0.1) is 0 Å². The van der Waals surface area contributed by atoms with Gasteiger partial charge in [-0.25, -0.2) is 0 Å². The molecule has 0 bridgehead atoms. The van der Waals surface area contributed by atoms with Crippen LogP contribution in [0.4, 0.5) is 0 Å². The largest absolute Gasteiger partial charge is 0.396 e. The molecule has 0 aromatic heterocycles. The van der Waals surface area contributed by atoms with Gasteiger partial charge in [0.1, 0.15) is 0 Å². The molecule has 15 heavy (non-hydrogen) atoms. The molecule has 1 heteroatoms. The Morgan fingerprint density at radius 3 is 2.60 bits per heavy atom. The molecule has 1 aliphatic rings. The van der Waals surface area contributed by atoms with Crippen LogP contribution in [-0.4, -0.2) is 11.7 Å². The predicted molar refractivity (Wildman–Crippen MR) is 61.9 cm³/mol. The third kappa shape index (κ3) is 1.53. The Kier molecular flexibility index (Phi) is 2.00. The lowest BCUT2D eigenvalue weighted by molar-refractivity contribution is 0.274. The second kappa shape index (κ2) is 3.35.